The lowest BCUT2D eigenvalue weighted by atomic mass is 9.87. The number of rotatable bonds is 6. The molecule has 118 valence electrons. The van der Waals surface area contributed by atoms with Gasteiger partial charge < -0.3 is 9.67 Å². The molecule has 7 heteroatoms. The van der Waals surface area contributed by atoms with Crippen LogP contribution in [0.2, 0.25) is 0 Å². The Morgan fingerprint density at radius 2 is 1.86 bits per heavy atom. The predicted molar refractivity (Wildman–Crippen MR) is 71.0 cm³/mol. The molecule has 4 nitrogen and oxygen atoms in total. The summed E-state index contributed by atoms with van der Waals surface area (Å²) in [5.41, 5.74) is -2.61. The molecule has 0 unspecified atom stereocenters. The number of carboxylic acids is 1. The third kappa shape index (κ3) is 4.61. The monoisotopic (exact) mass is 305 g/mol. The second-order valence-electron chi connectivity index (χ2n) is 5.54. The van der Waals surface area contributed by atoms with E-state index in [1.807, 2.05) is 0 Å². The molecule has 1 aromatic rings. The van der Waals surface area contributed by atoms with Crippen molar-refractivity contribution in [1.29, 1.82) is 0 Å². The summed E-state index contributed by atoms with van der Waals surface area (Å²) in [7, 11) is 0. The maximum Gasteiger partial charge on any atom is 0.431 e. The first kappa shape index (κ1) is 17.3. The van der Waals surface area contributed by atoms with Gasteiger partial charge in [-0.2, -0.15) is 13.2 Å². The Bertz CT molecular complexity index is 561. The molecule has 0 aliphatic rings. The first-order valence-corrected chi connectivity index (χ1v) is 6.56. The van der Waals surface area contributed by atoms with Crippen LogP contribution in [0.1, 0.15) is 38.8 Å². The van der Waals surface area contributed by atoms with Crippen LogP contribution >= 0.6 is 0 Å². The minimum Gasteiger partial charge on any atom is -0.481 e. The number of aliphatic carboxylic acids is 1. The van der Waals surface area contributed by atoms with Crippen LogP contribution in [0.15, 0.2) is 23.0 Å². The molecule has 0 saturated carbocycles. The Labute approximate surface area is 120 Å². The summed E-state index contributed by atoms with van der Waals surface area (Å²) in [4.78, 5) is 22.5. The molecular weight excluding hydrogens is 287 g/mol. The normalized spacial score (nSPS) is 12.4. The van der Waals surface area contributed by atoms with Crippen LogP contribution in [-0.4, -0.2) is 15.6 Å². The van der Waals surface area contributed by atoms with Crippen LogP contribution in [0.4, 0.5) is 13.2 Å². The van der Waals surface area contributed by atoms with Gasteiger partial charge in [-0.15, -0.1) is 0 Å². The summed E-state index contributed by atoms with van der Waals surface area (Å²) in [5, 5.41) is 8.95. The van der Waals surface area contributed by atoms with Crippen molar-refractivity contribution in [2.24, 2.45) is 5.41 Å². The van der Waals surface area contributed by atoms with E-state index >= 15 is 0 Å². The molecule has 0 aliphatic carbocycles. The summed E-state index contributed by atoms with van der Waals surface area (Å²) in [5.74, 6) is -0.949. The first-order valence-electron chi connectivity index (χ1n) is 6.56. The van der Waals surface area contributed by atoms with Crippen LogP contribution in [0.25, 0.3) is 0 Å². The molecule has 0 fully saturated rings. The third-order valence-corrected chi connectivity index (χ3v) is 3.35. The van der Waals surface area contributed by atoms with Gasteiger partial charge in [-0.25, -0.2) is 0 Å². The molecule has 1 rings (SSSR count). The zero-order chi connectivity index (χ0) is 16.3. The fourth-order valence-electron chi connectivity index (χ4n) is 1.94. The number of carbonyl (C=O) groups is 1. The van der Waals surface area contributed by atoms with E-state index in [1.54, 1.807) is 13.8 Å². The van der Waals surface area contributed by atoms with Gasteiger partial charge in [0.2, 0.25) is 0 Å². The molecule has 0 spiro atoms. The number of carboxylic acid groups (broad SMARTS) is 1. The highest BCUT2D eigenvalue weighted by Crippen LogP contribution is 2.28. The van der Waals surface area contributed by atoms with Gasteiger partial charge in [-0.05, 0) is 32.8 Å². The Balaban J connectivity index is 2.73. The highest BCUT2D eigenvalue weighted by molar-refractivity contribution is 5.73. The standard InChI is InChI=1S/C14H18F3NO3/c1-13(2,12(20)21)8-3-4-9-18-10(14(15,16)17)6-5-7-11(18)19/h5-7H,3-4,8-9H2,1-2H3,(H,20,21). The fraction of sp³-hybridized carbons (Fsp3) is 0.571. The van der Waals surface area contributed by atoms with Crippen molar-refractivity contribution >= 4 is 5.97 Å². The average Bonchev–Trinajstić information content (AvgIpc) is 2.34. The molecule has 0 aliphatic heterocycles. The topological polar surface area (TPSA) is 59.3 Å². The predicted octanol–water partition coefficient (Wildman–Crippen LogP) is 3.15. The minimum absolute atomic E-state index is 0.0792. The van der Waals surface area contributed by atoms with Crippen molar-refractivity contribution in [3.63, 3.8) is 0 Å². The van der Waals surface area contributed by atoms with E-state index in [1.165, 1.54) is 0 Å². The quantitative estimate of drug-likeness (QED) is 0.821. The number of unbranched alkanes of at least 4 members (excludes halogenated alkanes) is 1. The maximum absolute atomic E-state index is 12.8. The average molecular weight is 305 g/mol. The van der Waals surface area contributed by atoms with Crippen molar-refractivity contribution in [1.82, 2.24) is 4.57 Å². The van der Waals surface area contributed by atoms with E-state index in [9.17, 15) is 22.8 Å². The van der Waals surface area contributed by atoms with Gasteiger partial charge in [0.1, 0.15) is 5.69 Å². The number of alkyl halides is 3. The highest BCUT2D eigenvalue weighted by atomic mass is 19.4. The van der Waals surface area contributed by atoms with Gasteiger partial charge in [0.15, 0.2) is 0 Å². The van der Waals surface area contributed by atoms with E-state index in [4.69, 9.17) is 5.11 Å². The van der Waals surface area contributed by atoms with E-state index in [0.29, 0.717) is 23.8 Å². The highest BCUT2D eigenvalue weighted by Gasteiger charge is 2.34. The third-order valence-electron chi connectivity index (χ3n) is 3.35. The molecule has 0 radical (unpaired) electrons. The lowest BCUT2D eigenvalue weighted by Crippen LogP contribution is -2.27. The Morgan fingerprint density at radius 3 is 2.38 bits per heavy atom. The summed E-state index contributed by atoms with van der Waals surface area (Å²) in [6, 6.07) is 3.02. The van der Waals surface area contributed by atoms with Crippen molar-refractivity contribution in [3.05, 3.63) is 34.2 Å². The Hall–Kier alpha value is -1.79. The second kappa shape index (κ2) is 6.32. The van der Waals surface area contributed by atoms with Gasteiger partial charge in [-0.3, -0.25) is 9.59 Å². The smallest absolute Gasteiger partial charge is 0.431 e. The Morgan fingerprint density at radius 1 is 1.24 bits per heavy atom. The SMILES string of the molecule is CC(C)(CCCCn1c(C(F)(F)F)cccc1=O)C(=O)O. The summed E-state index contributed by atoms with van der Waals surface area (Å²) in [6.45, 7) is 3.04. The van der Waals surface area contributed by atoms with Crippen molar-refractivity contribution in [2.75, 3.05) is 0 Å². The summed E-state index contributed by atoms with van der Waals surface area (Å²) in [6.07, 6.45) is -3.51. The number of hydrogen-bond donors (Lipinski definition) is 1. The largest absolute Gasteiger partial charge is 0.481 e. The zero-order valence-corrected chi connectivity index (χ0v) is 11.9. The number of aromatic nitrogens is 1. The fourth-order valence-corrected chi connectivity index (χ4v) is 1.94. The lowest BCUT2D eigenvalue weighted by Gasteiger charge is -2.19. The number of nitrogens with zero attached hydrogens (tertiary/aromatic N) is 1. The zero-order valence-electron chi connectivity index (χ0n) is 11.9. The molecule has 0 amide bonds. The van der Waals surface area contributed by atoms with Crippen LogP contribution < -0.4 is 5.56 Å². The molecule has 1 heterocycles. The Kier molecular flexibility index (Phi) is 5.20. The molecule has 1 N–H and O–H groups in total. The van der Waals surface area contributed by atoms with Crippen LogP contribution in [0.5, 0.6) is 0 Å². The van der Waals surface area contributed by atoms with Crippen molar-refractivity contribution in [2.45, 2.75) is 45.8 Å². The number of hydrogen-bond acceptors (Lipinski definition) is 2. The van der Waals surface area contributed by atoms with Gasteiger partial charge >= 0.3 is 12.1 Å². The van der Waals surface area contributed by atoms with Crippen LogP contribution in [0.3, 0.4) is 0 Å². The first-order chi connectivity index (χ1) is 9.55. The van der Waals surface area contributed by atoms with Crippen molar-refractivity contribution in [3.8, 4) is 0 Å². The number of halogens is 3. The maximum atomic E-state index is 12.8. The van der Waals surface area contributed by atoms with E-state index in [0.717, 1.165) is 18.2 Å². The number of pyridine rings is 1. The lowest BCUT2D eigenvalue weighted by molar-refractivity contribution is -0.147. The van der Waals surface area contributed by atoms with Gasteiger partial charge in [0.05, 0.1) is 5.41 Å². The van der Waals surface area contributed by atoms with E-state index in [-0.39, 0.29) is 6.54 Å². The van der Waals surface area contributed by atoms with Crippen LogP contribution in [0, 0.1) is 5.41 Å². The molecular formula is C14H18F3NO3. The summed E-state index contributed by atoms with van der Waals surface area (Å²) >= 11 is 0. The molecule has 0 aromatic carbocycles. The van der Waals surface area contributed by atoms with E-state index < -0.39 is 28.8 Å². The molecule has 0 bridgehead atoms. The second-order valence-corrected chi connectivity index (χ2v) is 5.54. The van der Waals surface area contributed by atoms with Gasteiger partial charge in [0, 0.05) is 12.6 Å². The van der Waals surface area contributed by atoms with Crippen molar-refractivity contribution < 1.29 is 23.1 Å². The van der Waals surface area contributed by atoms with Crippen LogP contribution in [-0.2, 0) is 17.5 Å². The molecule has 21 heavy (non-hydrogen) atoms. The molecule has 0 saturated heterocycles. The summed E-state index contributed by atoms with van der Waals surface area (Å²) < 4.78 is 39.1. The van der Waals surface area contributed by atoms with E-state index in [2.05, 4.69) is 0 Å². The molecule has 0 atom stereocenters. The molecule has 1 aromatic heterocycles. The van der Waals surface area contributed by atoms with Gasteiger partial charge in [0.25, 0.3) is 5.56 Å². The minimum atomic E-state index is -4.58. The van der Waals surface area contributed by atoms with Gasteiger partial charge in [-0.1, -0.05) is 12.5 Å².